The molecule has 12 heavy (non-hydrogen) atoms. The summed E-state index contributed by atoms with van der Waals surface area (Å²) in [6.45, 7) is 1.52. The van der Waals surface area contributed by atoms with Crippen LogP contribution < -0.4 is 5.32 Å². The Balaban J connectivity index is 2.29. The van der Waals surface area contributed by atoms with Gasteiger partial charge in [-0.1, -0.05) is 0 Å². The second-order valence-corrected chi connectivity index (χ2v) is 3.64. The van der Waals surface area contributed by atoms with Gasteiger partial charge < -0.3 is 5.32 Å². The summed E-state index contributed by atoms with van der Waals surface area (Å²) in [5, 5.41) is 3.13. The maximum absolute atomic E-state index is 11.6. The van der Waals surface area contributed by atoms with Gasteiger partial charge in [-0.25, -0.2) is 0 Å². The molecule has 0 radical (unpaired) electrons. The average molecular weight is 168 g/mol. The van der Waals surface area contributed by atoms with Crippen molar-refractivity contribution >= 4 is 11.8 Å². The summed E-state index contributed by atoms with van der Waals surface area (Å²) in [6, 6.07) is 0. The molecule has 2 saturated heterocycles. The van der Waals surface area contributed by atoms with Gasteiger partial charge in [0.15, 0.2) is 0 Å². The van der Waals surface area contributed by atoms with E-state index in [1.165, 1.54) is 4.90 Å². The van der Waals surface area contributed by atoms with Crippen molar-refractivity contribution in [3.8, 4) is 0 Å². The molecule has 1 atom stereocenters. The van der Waals surface area contributed by atoms with Crippen molar-refractivity contribution in [3.05, 3.63) is 0 Å². The van der Waals surface area contributed by atoms with E-state index in [0.29, 0.717) is 13.0 Å². The monoisotopic (exact) mass is 168 g/mol. The van der Waals surface area contributed by atoms with Crippen LogP contribution in [0.5, 0.6) is 0 Å². The summed E-state index contributed by atoms with van der Waals surface area (Å²) in [5.41, 5.74) is -0.383. The first kappa shape index (κ1) is 7.73. The van der Waals surface area contributed by atoms with Gasteiger partial charge in [0.1, 0.15) is 0 Å². The number of carbonyl (C=O) groups excluding carboxylic acids is 2. The van der Waals surface area contributed by atoms with Gasteiger partial charge in [-0.2, -0.15) is 0 Å². The van der Waals surface area contributed by atoms with Crippen molar-refractivity contribution in [3.63, 3.8) is 0 Å². The second-order valence-electron chi connectivity index (χ2n) is 3.64. The number of amides is 2. The summed E-state index contributed by atoms with van der Waals surface area (Å²) in [6.07, 6.45) is 1.21. The Morgan fingerprint density at radius 1 is 1.50 bits per heavy atom. The van der Waals surface area contributed by atoms with E-state index in [1.807, 2.05) is 0 Å². The summed E-state index contributed by atoms with van der Waals surface area (Å²) >= 11 is 0. The predicted molar refractivity (Wildman–Crippen MR) is 42.3 cm³/mol. The molecule has 1 N–H and O–H groups in total. The molecule has 66 valence electrons. The number of nitrogens with one attached hydrogen (secondary N) is 1. The Bertz CT molecular complexity index is 243. The van der Waals surface area contributed by atoms with Gasteiger partial charge in [-0.15, -0.1) is 0 Å². The summed E-state index contributed by atoms with van der Waals surface area (Å²) < 4.78 is 0. The topological polar surface area (TPSA) is 49.4 Å². The van der Waals surface area contributed by atoms with E-state index in [4.69, 9.17) is 0 Å². The van der Waals surface area contributed by atoms with Crippen LogP contribution in [0.2, 0.25) is 0 Å². The number of rotatable bonds is 0. The molecule has 2 heterocycles. The third-order valence-electron chi connectivity index (χ3n) is 2.87. The molecule has 4 nitrogen and oxygen atoms in total. The van der Waals surface area contributed by atoms with E-state index in [2.05, 4.69) is 5.32 Å². The predicted octanol–water partition coefficient (Wildman–Crippen LogP) is -0.645. The SMILES string of the molecule is CN1C(=O)C[C@]2(CCNC2)C1=O. The summed E-state index contributed by atoms with van der Waals surface area (Å²) in [4.78, 5) is 24.1. The van der Waals surface area contributed by atoms with Crippen molar-refractivity contribution < 1.29 is 9.59 Å². The fraction of sp³-hybridized carbons (Fsp3) is 0.750. The molecule has 2 fully saturated rings. The maximum atomic E-state index is 11.6. The van der Waals surface area contributed by atoms with Gasteiger partial charge in [0.05, 0.1) is 5.41 Å². The minimum absolute atomic E-state index is 0.00231. The second kappa shape index (κ2) is 2.29. The minimum Gasteiger partial charge on any atom is -0.316 e. The van der Waals surface area contributed by atoms with Crippen molar-refractivity contribution in [2.75, 3.05) is 20.1 Å². The summed E-state index contributed by atoms with van der Waals surface area (Å²) in [7, 11) is 1.57. The molecule has 0 aromatic carbocycles. The standard InChI is InChI=1S/C8H12N2O2/c1-10-6(11)4-8(7(10)12)2-3-9-5-8/h9H,2-5H2,1H3/t8-/m0/s1. The molecule has 2 aliphatic heterocycles. The number of nitrogens with zero attached hydrogens (tertiary/aromatic N) is 1. The average Bonchev–Trinajstić information content (AvgIpc) is 2.57. The highest BCUT2D eigenvalue weighted by molar-refractivity contribution is 6.05. The Labute approximate surface area is 70.9 Å². The van der Waals surface area contributed by atoms with Crippen LogP contribution in [0.25, 0.3) is 0 Å². The van der Waals surface area contributed by atoms with E-state index in [0.717, 1.165) is 13.0 Å². The van der Waals surface area contributed by atoms with Crippen molar-refractivity contribution in [1.82, 2.24) is 10.2 Å². The van der Waals surface area contributed by atoms with Crippen LogP contribution in [0.15, 0.2) is 0 Å². The molecule has 0 bridgehead atoms. The van der Waals surface area contributed by atoms with Gasteiger partial charge in [-0.3, -0.25) is 14.5 Å². The van der Waals surface area contributed by atoms with Crippen LogP contribution in [0.3, 0.4) is 0 Å². The smallest absolute Gasteiger partial charge is 0.236 e. The number of imide groups is 1. The first-order chi connectivity index (χ1) is 5.66. The third kappa shape index (κ3) is 0.813. The summed E-state index contributed by atoms with van der Waals surface area (Å²) in [5.74, 6) is -0.0406. The van der Waals surface area contributed by atoms with Gasteiger partial charge in [-0.05, 0) is 13.0 Å². The first-order valence-electron chi connectivity index (χ1n) is 4.17. The van der Waals surface area contributed by atoms with Crippen molar-refractivity contribution in [2.45, 2.75) is 12.8 Å². The van der Waals surface area contributed by atoms with E-state index in [1.54, 1.807) is 7.05 Å². The molecule has 2 aliphatic rings. The number of carbonyl (C=O) groups is 2. The molecule has 0 aromatic rings. The van der Waals surface area contributed by atoms with E-state index in [9.17, 15) is 9.59 Å². The zero-order chi connectivity index (χ0) is 8.77. The third-order valence-corrected chi connectivity index (χ3v) is 2.87. The van der Waals surface area contributed by atoms with E-state index >= 15 is 0 Å². The highest BCUT2D eigenvalue weighted by atomic mass is 16.2. The van der Waals surface area contributed by atoms with Crippen LogP contribution in [0.4, 0.5) is 0 Å². The Hall–Kier alpha value is -0.900. The minimum atomic E-state index is -0.383. The van der Waals surface area contributed by atoms with Crippen LogP contribution in [0, 0.1) is 5.41 Å². The van der Waals surface area contributed by atoms with Gasteiger partial charge in [0.25, 0.3) is 0 Å². The fourth-order valence-corrected chi connectivity index (χ4v) is 2.03. The highest BCUT2D eigenvalue weighted by Crippen LogP contribution is 2.37. The lowest BCUT2D eigenvalue weighted by atomic mass is 9.85. The molecular weight excluding hydrogens is 156 g/mol. The van der Waals surface area contributed by atoms with E-state index < -0.39 is 0 Å². The Morgan fingerprint density at radius 3 is 2.67 bits per heavy atom. The van der Waals surface area contributed by atoms with Crippen LogP contribution in [-0.4, -0.2) is 36.9 Å². The maximum Gasteiger partial charge on any atom is 0.236 e. The lowest BCUT2D eigenvalue weighted by Crippen LogP contribution is -2.34. The zero-order valence-electron chi connectivity index (χ0n) is 7.09. The highest BCUT2D eigenvalue weighted by Gasteiger charge is 2.51. The van der Waals surface area contributed by atoms with Crippen LogP contribution in [-0.2, 0) is 9.59 Å². The van der Waals surface area contributed by atoms with Crippen molar-refractivity contribution in [2.24, 2.45) is 5.41 Å². The molecule has 0 aromatic heterocycles. The zero-order valence-corrected chi connectivity index (χ0v) is 7.09. The molecule has 0 saturated carbocycles. The van der Waals surface area contributed by atoms with Crippen LogP contribution >= 0.6 is 0 Å². The largest absolute Gasteiger partial charge is 0.316 e. The fourth-order valence-electron chi connectivity index (χ4n) is 2.03. The van der Waals surface area contributed by atoms with Crippen molar-refractivity contribution in [1.29, 1.82) is 0 Å². The lowest BCUT2D eigenvalue weighted by Gasteiger charge is -2.17. The van der Waals surface area contributed by atoms with Crippen LogP contribution in [0.1, 0.15) is 12.8 Å². The van der Waals surface area contributed by atoms with E-state index in [-0.39, 0.29) is 17.2 Å². The normalized spacial score (nSPS) is 35.6. The quantitative estimate of drug-likeness (QED) is 0.489. The molecule has 2 amide bonds. The van der Waals surface area contributed by atoms with Gasteiger partial charge >= 0.3 is 0 Å². The lowest BCUT2D eigenvalue weighted by molar-refractivity contribution is -0.139. The Kier molecular flexibility index (Phi) is 1.48. The molecule has 0 unspecified atom stereocenters. The number of likely N-dealkylation sites (tertiary alicyclic amines) is 1. The molecule has 1 spiro atoms. The number of hydrogen-bond donors (Lipinski definition) is 1. The molecular formula is C8H12N2O2. The van der Waals surface area contributed by atoms with Gasteiger partial charge in [0, 0.05) is 20.0 Å². The first-order valence-corrected chi connectivity index (χ1v) is 4.17. The molecule has 2 rings (SSSR count). The molecule has 0 aliphatic carbocycles. The van der Waals surface area contributed by atoms with Gasteiger partial charge in [0.2, 0.25) is 11.8 Å². The Morgan fingerprint density at radius 2 is 2.25 bits per heavy atom. The molecule has 4 heteroatoms. The number of hydrogen-bond acceptors (Lipinski definition) is 3.